The zero-order valence-corrected chi connectivity index (χ0v) is 24.6. The lowest BCUT2D eigenvalue weighted by Crippen LogP contribution is -2.18. The fourth-order valence-corrected chi connectivity index (χ4v) is 9.74. The number of hydrogen-bond donors (Lipinski definition) is 0. The van der Waals surface area contributed by atoms with Gasteiger partial charge in [0, 0.05) is 0 Å². The van der Waals surface area contributed by atoms with Crippen molar-refractivity contribution in [2.24, 2.45) is 11.8 Å². The van der Waals surface area contributed by atoms with E-state index in [2.05, 4.69) is 24.3 Å². The van der Waals surface area contributed by atoms with Gasteiger partial charge in [-0.1, -0.05) is 38.1 Å². The first kappa shape index (κ1) is 28.5. The number of ether oxygens (including phenoxy) is 2. The Balaban J connectivity index is 1.74. The Kier molecular flexibility index (Phi) is 11.9. The molecule has 0 amide bonds. The lowest BCUT2D eigenvalue weighted by Gasteiger charge is -2.16. The molecule has 0 bridgehead atoms. The minimum atomic E-state index is -2.62. The Bertz CT molecular complexity index is 738. The number of aryl methyl sites for hydroxylation is 2. The van der Waals surface area contributed by atoms with Gasteiger partial charge in [-0.2, -0.15) is 0 Å². The summed E-state index contributed by atoms with van der Waals surface area (Å²) in [4.78, 5) is 0. The average molecular weight is 593 g/mol. The van der Waals surface area contributed by atoms with Crippen molar-refractivity contribution in [1.82, 2.24) is 0 Å². The average Bonchev–Trinajstić information content (AvgIpc) is 2.68. The molecule has 0 heterocycles. The van der Waals surface area contributed by atoms with Crippen LogP contribution in [0.4, 0.5) is 0 Å². The van der Waals surface area contributed by atoms with Crippen LogP contribution >= 0.6 is 66.5 Å². The zero-order chi connectivity index (χ0) is 23.8. The van der Waals surface area contributed by atoms with Crippen molar-refractivity contribution in [1.29, 1.82) is 0 Å². The normalized spacial score (nSPS) is 14.1. The van der Waals surface area contributed by atoms with Crippen LogP contribution in [0, 0.1) is 11.8 Å². The summed E-state index contributed by atoms with van der Waals surface area (Å²) >= 11 is 35.8. The molecule has 0 N–H and O–H groups in total. The van der Waals surface area contributed by atoms with Crippen LogP contribution in [0.25, 0.3) is 0 Å². The van der Waals surface area contributed by atoms with Gasteiger partial charge >= 0.3 is 12.0 Å². The first-order valence-corrected chi connectivity index (χ1v) is 20.9. The molecule has 2 atom stereocenters. The standard InChI is InChI=1S/C22H28Cl6O2Si2/c1-17(15-31(23,24)25)13-29-21-9-5-19(6-10-21)3-4-20-7-11-22(12-8-20)30-14-18(2)16-32(26,27)28/h5-12,17-18H,3-4,13-16H2,1-2H3. The summed E-state index contributed by atoms with van der Waals surface area (Å²) in [5, 5.41) is 0. The lowest BCUT2D eigenvalue weighted by molar-refractivity contribution is 0.270. The van der Waals surface area contributed by atoms with Crippen molar-refractivity contribution in [3.05, 3.63) is 59.7 Å². The molecule has 2 rings (SSSR count). The molecule has 0 radical (unpaired) electrons. The van der Waals surface area contributed by atoms with Gasteiger partial charge in [0.25, 0.3) is 0 Å². The van der Waals surface area contributed by atoms with E-state index >= 15 is 0 Å². The SMILES string of the molecule is CC(COc1ccc(CCc2ccc(OCC(C)C[Si](Cl)(Cl)Cl)cc2)cc1)C[Si](Cl)(Cl)Cl. The minimum absolute atomic E-state index is 0.209. The van der Waals surface area contributed by atoms with Gasteiger partial charge in [-0.15, -0.1) is 66.5 Å². The highest BCUT2D eigenvalue weighted by Gasteiger charge is 2.28. The Hall–Kier alpha value is 0.214. The summed E-state index contributed by atoms with van der Waals surface area (Å²) in [6.07, 6.45) is 1.89. The Labute approximate surface area is 221 Å². The van der Waals surface area contributed by atoms with Crippen LogP contribution in [-0.4, -0.2) is 25.2 Å². The highest BCUT2D eigenvalue weighted by molar-refractivity contribution is 7.65. The van der Waals surface area contributed by atoms with E-state index in [1.54, 1.807) is 0 Å². The van der Waals surface area contributed by atoms with E-state index in [1.165, 1.54) is 11.1 Å². The first-order chi connectivity index (χ1) is 14.9. The maximum Gasteiger partial charge on any atom is 0.341 e. The van der Waals surface area contributed by atoms with E-state index in [-0.39, 0.29) is 11.8 Å². The Morgan fingerprint density at radius 2 is 0.906 bits per heavy atom. The Morgan fingerprint density at radius 3 is 1.19 bits per heavy atom. The third-order valence-electron chi connectivity index (χ3n) is 4.78. The van der Waals surface area contributed by atoms with E-state index in [0.717, 1.165) is 24.3 Å². The van der Waals surface area contributed by atoms with E-state index in [4.69, 9.17) is 75.9 Å². The molecule has 0 aliphatic carbocycles. The quantitative estimate of drug-likeness (QED) is 0.171. The van der Waals surface area contributed by atoms with E-state index in [1.807, 2.05) is 38.1 Å². The van der Waals surface area contributed by atoms with Crippen LogP contribution in [0.1, 0.15) is 25.0 Å². The van der Waals surface area contributed by atoms with E-state index in [9.17, 15) is 0 Å². The van der Waals surface area contributed by atoms with Crippen molar-refractivity contribution in [2.75, 3.05) is 13.2 Å². The first-order valence-electron chi connectivity index (χ1n) is 10.5. The summed E-state index contributed by atoms with van der Waals surface area (Å²) < 4.78 is 11.6. The van der Waals surface area contributed by atoms with Crippen molar-refractivity contribution in [3.63, 3.8) is 0 Å². The van der Waals surface area contributed by atoms with E-state index in [0.29, 0.717) is 25.3 Å². The number of hydrogen-bond acceptors (Lipinski definition) is 2. The highest BCUT2D eigenvalue weighted by Crippen LogP contribution is 2.30. The maximum atomic E-state index is 5.97. The van der Waals surface area contributed by atoms with Gasteiger partial charge in [-0.3, -0.25) is 0 Å². The largest absolute Gasteiger partial charge is 0.493 e. The molecule has 2 unspecified atom stereocenters. The molecule has 0 aliphatic heterocycles. The number of halogens is 6. The zero-order valence-electron chi connectivity index (χ0n) is 18.1. The van der Waals surface area contributed by atoms with E-state index < -0.39 is 12.0 Å². The second kappa shape index (κ2) is 13.3. The van der Waals surface area contributed by atoms with Crippen LogP contribution in [0.5, 0.6) is 11.5 Å². The molecule has 2 aromatic rings. The molecule has 2 aromatic carbocycles. The Morgan fingerprint density at radius 1 is 0.594 bits per heavy atom. The summed E-state index contributed by atoms with van der Waals surface area (Å²) in [5.74, 6) is 2.08. The fraction of sp³-hybridized carbons (Fsp3) is 0.455. The molecule has 0 aliphatic rings. The molecule has 0 saturated heterocycles. The molecule has 178 valence electrons. The van der Waals surface area contributed by atoms with Crippen LogP contribution in [0.2, 0.25) is 12.1 Å². The van der Waals surface area contributed by atoms with Gasteiger partial charge in [0.15, 0.2) is 0 Å². The highest BCUT2D eigenvalue weighted by atomic mass is 35.8. The molecule has 10 heteroatoms. The van der Waals surface area contributed by atoms with Gasteiger partial charge in [0.1, 0.15) is 11.5 Å². The van der Waals surface area contributed by atoms with Crippen LogP contribution in [0.3, 0.4) is 0 Å². The van der Waals surface area contributed by atoms with Crippen molar-refractivity contribution < 1.29 is 9.47 Å². The number of benzene rings is 2. The number of rotatable bonds is 13. The smallest absolute Gasteiger partial charge is 0.341 e. The van der Waals surface area contributed by atoms with Crippen LogP contribution in [0.15, 0.2) is 48.5 Å². The van der Waals surface area contributed by atoms with Gasteiger partial charge in [-0.05, 0) is 72.2 Å². The molecular weight excluding hydrogens is 565 g/mol. The van der Waals surface area contributed by atoms with Crippen LogP contribution < -0.4 is 9.47 Å². The van der Waals surface area contributed by atoms with Gasteiger partial charge in [0.2, 0.25) is 0 Å². The second-order valence-corrected chi connectivity index (χ2v) is 26.6. The molecule has 0 saturated carbocycles. The van der Waals surface area contributed by atoms with Crippen molar-refractivity contribution >= 4 is 78.5 Å². The maximum absolute atomic E-state index is 5.97. The summed E-state index contributed by atoms with van der Waals surface area (Å²) in [6, 6.07) is 12.3. The molecule has 0 fully saturated rings. The second-order valence-electron chi connectivity index (χ2n) is 8.26. The fourth-order valence-electron chi connectivity index (χ4n) is 3.18. The predicted octanol–water partition coefficient (Wildman–Crippen LogP) is 8.81. The molecule has 32 heavy (non-hydrogen) atoms. The van der Waals surface area contributed by atoms with Gasteiger partial charge in [-0.25, -0.2) is 0 Å². The van der Waals surface area contributed by atoms with Crippen molar-refractivity contribution in [3.8, 4) is 11.5 Å². The molecule has 0 aromatic heterocycles. The summed E-state index contributed by atoms with van der Waals surface area (Å²) in [6.45, 7) is 5.15. The summed E-state index contributed by atoms with van der Waals surface area (Å²) in [7, 11) is 0. The van der Waals surface area contributed by atoms with Gasteiger partial charge in [0.05, 0.1) is 13.2 Å². The third-order valence-corrected chi connectivity index (χ3v) is 9.88. The molecule has 2 nitrogen and oxygen atoms in total. The summed E-state index contributed by atoms with van der Waals surface area (Å²) in [5.41, 5.74) is 2.51. The third kappa shape index (κ3) is 12.6. The minimum Gasteiger partial charge on any atom is -0.493 e. The molecule has 0 spiro atoms. The van der Waals surface area contributed by atoms with Crippen molar-refractivity contribution in [2.45, 2.75) is 38.8 Å². The van der Waals surface area contributed by atoms with Gasteiger partial charge < -0.3 is 9.47 Å². The topological polar surface area (TPSA) is 18.5 Å². The lowest BCUT2D eigenvalue weighted by atomic mass is 10.0. The predicted molar refractivity (Wildman–Crippen MR) is 146 cm³/mol. The molecular formula is C22H28Cl6O2Si2. The van der Waals surface area contributed by atoms with Crippen LogP contribution in [-0.2, 0) is 12.8 Å². The monoisotopic (exact) mass is 590 g/mol.